The summed E-state index contributed by atoms with van der Waals surface area (Å²) < 4.78 is 0. The van der Waals surface area contributed by atoms with Crippen LogP contribution in [-0.2, 0) is 0 Å². The standard InChI is InChI=1S/C23H18N2O5S/c1-14-17-4-2-3-5-19(17)24(22(26)15-6-8-16(9-7-15)25(29)30)13-12-18(14)20-10-11-21(31-20)23(27)28/h2-11H,12-13H2,1H3,(H,27,28). The highest BCUT2D eigenvalue weighted by Gasteiger charge is 2.26. The lowest BCUT2D eigenvalue weighted by Crippen LogP contribution is -2.32. The van der Waals surface area contributed by atoms with Crippen molar-refractivity contribution in [2.45, 2.75) is 13.3 Å². The number of hydrogen-bond acceptors (Lipinski definition) is 5. The lowest BCUT2D eigenvalue weighted by atomic mass is 9.98. The normalized spacial score (nSPS) is 13.5. The van der Waals surface area contributed by atoms with Crippen LogP contribution in [-0.4, -0.2) is 28.5 Å². The molecule has 0 bridgehead atoms. The van der Waals surface area contributed by atoms with Crippen LogP contribution >= 0.6 is 11.3 Å². The zero-order valence-electron chi connectivity index (χ0n) is 16.6. The summed E-state index contributed by atoms with van der Waals surface area (Å²) in [6.07, 6.45) is 0.554. The second-order valence-electron chi connectivity index (χ2n) is 7.10. The number of hydrogen-bond donors (Lipinski definition) is 1. The molecule has 0 saturated heterocycles. The van der Waals surface area contributed by atoms with Crippen molar-refractivity contribution in [1.29, 1.82) is 0 Å². The average Bonchev–Trinajstić information content (AvgIpc) is 3.21. The van der Waals surface area contributed by atoms with E-state index in [1.165, 1.54) is 35.6 Å². The van der Waals surface area contributed by atoms with Gasteiger partial charge in [-0.05, 0) is 54.8 Å². The summed E-state index contributed by atoms with van der Waals surface area (Å²) in [6, 6.07) is 16.6. The SMILES string of the molecule is CC1=C(c2ccc(C(=O)O)s2)CCN(C(=O)c2ccc([N+](=O)[O-])cc2)c2ccccc21. The molecule has 0 atom stereocenters. The van der Waals surface area contributed by atoms with Crippen LogP contribution in [0.1, 0.15) is 43.8 Å². The van der Waals surface area contributed by atoms with Crippen molar-refractivity contribution in [2.24, 2.45) is 0 Å². The number of thiophene rings is 1. The van der Waals surface area contributed by atoms with E-state index in [4.69, 9.17) is 0 Å². The molecule has 4 rings (SSSR count). The fourth-order valence-corrected chi connectivity index (χ4v) is 4.71. The van der Waals surface area contributed by atoms with Gasteiger partial charge in [0, 0.05) is 34.7 Å². The van der Waals surface area contributed by atoms with Gasteiger partial charge in [-0.25, -0.2) is 4.79 Å². The predicted octanol–water partition coefficient (Wildman–Crippen LogP) is 5.34. The Morgan fingerprint density at radius 3 is 2.42 bits per heavy atom. The summed E-state index contributed by atoms with van der Waals surface area (Å²) in [7, 11) is 0. The van der Waals surface area contributed by atoms with Gasteiger partial charge in [-0.1, -0.05) is 18.2 Å². The lowest BCUT2D eigenvalue weighted by Gasteiger charge is -2.23. The molecule has 156 valence electrons. The first kappa shape index (κ1) is 20.5. The topological polar surface area (TPSA) is 101 Å². The van der Waals surface area contributed by atoms with Gasteiger partial charge in [0.1, 0.15) is 4.88 Å². The maximum atomic E-state index is 13.3. The zero-order valence-corrected chi connectivity index (χ0v) is 17.4. The van der Waals surface area contributed by atoms with Crippen LogP contribution in [0.2, 0.25) is 0 Å². The van der Waals surface area contributed by atoms with E-state index in [1.54, 1.807) is 11.0 Å². The first-order valence-electron chi connectivity index (χ1n) is 9.56. The van der Waals surface area contributed by atoms with Gasteiger partial charge in [0.25, 0.3) is 11.6 Å². The van der Waals surface area contributed by atoms with Crippen molar-refractivity contribution in [3.63, 3.8) is 0 Å². The highest BCUT2D eigenvalue weighted by atomic mass is 32.1. The van der Waals surface area contributed by atoms with Gasteiger partial charge in [-0.2, -0.15) is 0 Å². The summed E-state index contributed by atoms with van der Waals surface area (Å²) in [5.74, 6) is -1.20. The number of nitrogens with zero attached hydrogens (tertiary/aromatic N) is 2. The number of carbonyl (C=O) groups excluding carboxylic acids is 1. The van der Waals surface area contributed by atoms with Crippen LogP contribution < -0.4 is 4.90 Å². The van der Waals surface area contributed by atoms with Crippen molar-refractivity contribution < 1.29 is 19.6 Å². The number of carboxylic acid groups (broad SMARTS) is 1. The van der Waals surface area contributed by atoms with E-state index in [2.05, 4.69) is 0 Å². The molecule has 31 heavy (non-hydrogen) atoms. The first-order chi connectivity index (χ1) is 14.9. The number of amides is 1. The molecule has 7 nitrogen and oxygen atoms in total. The zero-order chi connectivity index (χ0) is 22.1. The van der Waals surface area contributed by atoms with Gasteiger partial charge >= 0.3 is 5.97 Å². The Labute approximate surface area is 182 Å². The van der Waals surface area contributed by atoms with Gasteiger partial charge in [-0.15, -0.1) is 11.3 Å². The molecule has 1 aromatic heterocycles. The molecule has 2 heterocycles. The number of aromatic carboxylic acids is 1. The van der Waals surface area contributed by atoms with Gasteiger partial charge in [0.15, 0.2) is 0 Å². The van der Waals surface area contributed by atoms with E-state index in [-0.39, 0.29) is 16.5 Å². The van der Waals surface area contributed by atoms with Gasteiger partial charge in [0.05, 0.1) is 10.6 Å². The number of non-ortho nitro benzene ring substituents is 1. The monoisotopic (exact) mass is 434 g/mol. The maximum Gasteiger partial charge on any atom is 0.345 e. The van der Waals surface area contributed by atoms with Crippen LogP contribution in [0.25, 0.3) is 11.1 Å². The maximum absolute atomic E-state index is 13.3. The minimum absolute atomic E-state index is 0.0699. The van der Waals surface area contributed by atoms with Crippen molar-refractivity contribution in [3.8, 4) is 0 Å². The molecule has 1 aliphatic heterocycles. The third-order valence-electron chi connectivity index (χ3n) is 5.32. The summed E-state index contributed by atoms with van der Waals surface area (Å²) in [4.78, 5) is 37.8. The fraction of sp³-hybridized carbons (Fsp3) is 0.130. The van der Waals surface area contributed by atoms with Crippen LogP contribution in [0, 0.1) is 10.1 Å². The van der Waals surface area contributed by atoms with Crippen molar-refractivity contribution >= 4 is 45.7 Å². The summed E-state index contributed by atoms with van der Waals surface area (Å²) in [5.41, 5.74) is 3.95. The molecule has 1 amide bonds. The average molecular weight is 434 g/mol. The molecular formula is C23H18N2O5S. The van der Waals surface area contributed by atoms with Crippen LogP contribution in [0.5, 0.6) is 0 Å². The first-order valence-corrected chi connectivity index (χ1v) is 10.4. The van der Waals surface area contributed by atoms with Crippen molar-refractivity contribution in [2.75, 3.05) is 11.4 Å². The van der Waals surface area contributed by atoms with E-state index < -0.39 is 10.9 Å². The quantitative estimate of drug-likeness (QED) is 0.441. The Morgan fingerprint density at radius 2 is 1.77 bits per heavy atom. The van der Waals surface area contributed by atoms with Gasteiger partial charge < -0.3 is 10.0 Å². The third kappa shape index (κ3) is 3.85. The highest BCUT2D eigenvalue weighted by molar-refractivity contribution is 7.15. The molecule has 2 aromatic carbocycles. The number of nitro groups is 1. The van der Waals surface area contributed by atoms with Gasteiger partial charge in [-0.3, -0.25) is 14.9 Å². The minimum atomic E-state index is -0.960. The number of allylic oxidation sites excluding steroid dienone is 1. The van der Waals surface area contributed by atoms with Gasteiger partial charge in [0.2, 0.25) is 0 Å². The van der Waals surface area contributed by atoms with Crippen LogP contribution in [0.4, 0.5) is 11.4 Å². The minimum Gasteiger partial charge on any atom is -0.477 e. The second kappa shape index (κ2) is 8.16. The smallest absolute Gasteiger partial charge is 0.345 e. The molecule has 3 aromatic rings. The molecule has 0 fully saturated rings. The largest absolute Gasteiger partial charge is 0.477 e. The highest BCUT2D eigenvalue weighted by Crippen LogP contribution is 2.40. The fourth-order valence-electron chi connectivity index (χ4n) is 3.74. The number of benzene rings is 2. The number of nitro benzene ring substituents is 1. The van der Waals surface area contributed by atoms with E-state index in [9.17, 15) is 24.8 Å². The molecule has 8 heteroatoms. The molecule has 1 N–H and O–H groups in total. The molecule has 0 saturated carbocycles. The van der Waals surface area contributed by atoms with Crippen molar-refractivity contribution in [1.82, 2.24) is 0 Å². The van der Waals surface area contributed by atoms with Crippen LogP contribution in [0.15, 0.2) is 60.7 Å². The summed E-state index contributed by atoms with van der Waals surface area (Å²) in [6.45, 7) is 2.38. The number of rotatable bonds is 4. The number of carbonyl (C=O) groups is 2. The molecule has 1 aliphatic rings. The Hall–Kier alpha value is -3.78. The third-order valence-corrected chi connectivity index (χ3v) is 6.45. The summed E-state index contributed by atoms with van der Waals surface area (Å²) >= 11 is 1.22. The predicted molar refractivity (Wildman–Crippen MR) is 120 cm³/mol. The van der Waals surface area contributed by atoms with Crippen molar-refractivity contribution in [3.05, 3.63) is 91.7 Å². The Kier molecular flexibility index (Phi) is 5.39. The number of para-hydroxylation sites is 1. The van der Waals surface area contributed by atoms with E-state index in [0.29, 0.717) is 18.5 Å². The van der Waals surface area contributed by atoms with Crippen LogP contribution in [0.3, 0.4) is 0 Å². The molecule has 0 radical (unpaired) electrons. The Morgan fingerprint density at radius 1 is 1.06 bits per heavy atom. The Bertz CT molecular complexity index is 1230. The molecule has 0 spiro atoms. The van der Waals surface area contributed by atoms with E-state index >= 15 is 0 Å². The molecule has 0 aliphatic carbocycles. The van der Waals surface area contributed by atoms with E-state index in [0.717, 1.165) is 27.3 Å². The Balaban J connectivity index is 1.73. The van der Waals surface area contributed by atoms with E-state index in [1.807, 2.05) is 37.3 Å². The molecular weight excluding hydrogens is 416 g/mol. The number of carboxylic acids is 1. The molecule has 0 unspecified atom stereocenters. The summed E-state index contributed by atoms with van der Waals surface area (Å²) in [5, 5.41) is 20.2. The number of fused-ring (bicyclic) bond motifs is 1. The number of anilines is 1. The lowest BCUT2D eigenvalue weighted by molar-refractivity contribution is -0.384. The second-order valence-corrected chi connectivity index (χ2v) is 8.18.